The molecule has 0 aliphatic carbocycles. The van der Waals surface area contributed by atoms with Crippen molar-refractivity contribution in [1.82, 2.24) is 0 Å². The number of para-hydroxylation sites is 1. The van der Waals surface area contributed by atoms with Crippen LogP contribution in [0.25, 0.3) is 0 Å². The van der Waals surface area contributed by atoms with Crippen molar-refractivity contribution in [3.8, 4) is 5.75 Å². The van der Waals surface area contributed by atoms with Crippen molar-refractivity contribution in [2.75, 3.05) is 0 Å². The zero-order chi connectivity index (χ0) is 11.4. The minimum atomic E-state index is 0. The molecule has 0 aliphatic rings. The number of hydrogen-bond acceptors (Lipinski definition) is 1. The monoisotopic (exact) mass is 330 g/mol. The molecule has 0 amide bonds. The van der Waals surface area contributed by atoms with Gasteiger partial charge in [-0.05, 0) is 24.7 Å². The van der Waals surface area contributed by atoms with E-state index in [1.54, 1.807) is 0 Å². The summed E-state index contributed by atoms with van der Waals surface area (Å²) in [6.07, 6.45) is 2.05. The first-order chi connectivity index (χ1) is 7.11. The van der Waals surface area contributed by atoms with Crippen LogP contribution in [0.1, 0.15) is 63.5 Å². The van der Waals surface area contributed by atoms with Crippen LogP contribution in [0, 0.1) is 0 Å². The first kappa shape index (κ1) is 19.5. The van der Waals surface area contributed by atoms with Gasteiger partial charge in [-0.25, -0.2) is 0 Å². The van der Waals surface area contributed by atoms with E-state index in [9.17, 15) is 5.11 Å². The Hall–Kier alpha value is 0.193. The van der Waals surface area contributed by atoms with Crippen LogP contribution in [0.2, 0.25) is 0 Å². The zero-order valence-corrected chi connectivity index (χ0v) is 14.3. The molecule has 1 nitrogen and oxygen atoms in total. The third-order valence-corrected chi connectivity index (χ3v) is 3.36. The van der Waals surface area contributed by atoms with Crippen LogP contribution < -0.4 is 17.5 Å². The fourth-order valence-corrected chi connectivity index (χ4v) is 1.79. The van der Waals surface area contributed by atoms with Gasteiger partial charge in [0.05, 0.1) is 0 Å². The minimum absolute atomic E-state index is 0. The van der Waals surface area contributed by atoms with Gasteiger partial charge < -0.3 is 17.5 Å². The fraction of sp³-hybridized carbons (Fsp3) is 0.571. The second kappa shape index (κ2) is 9.17. The first-order valence-electron chi connectivity index (χ1n) is 5.91. The standard InChI is InChI=1S/C14H22O.ClH.Zr/c1-5-10(3)12-8-7-9-13(14(12)15)11(4)6-2;;/h7-11,15H,5-6H2,1-4H3;1H;/q;;+2/p-2. The van der Waals surface area contributed by atoms with E-state index in [2.05, 4.69) is 27.7 Å². The smallest absolute Gasteiger partial charge is 1.00 e. The molecule has 1 aromatic carbocycles. The molecule has 0 spiro atoms. The first-order valence-corrected chi connectivity index (χ1v) is 5.91. The minimum Gasteiger partial charge on any atom is -1.00 e. The van der Waals surface area contributed by atoms with Crippen molar-refractivity contribution in [3.05, 3.63) is 29.3 Å². The van der Waals surface area contributed by atoms with Gasteiger partial charge in [-0.3, -0.25) is 0 Å². The Morgan fingerprint density at radius 2 is 1.35 bits per heavy atom. The van der Waals surface area contributed by atoms with Gasteiger partial charge in [-0.15, -0.1) is 5.75 Å². The summed E-state index contributed by atoms with van der Waals surface area (Å²) >= 11 is 0. The average molecular weight is 332 g/mol. The van der Waals surface area contributed by atoms with Gasteiger partial charge in [0.2, 0.25) is 0 Å². The Bertz CT molecular complexity index is 300. The average Bonchev–Trinajstić information content (AvgIpc) is 2.27. The van der Waals surface area contributed by atoms with Gasteiger partial charge in [0, 0.05) is 0 Å². The summed E-state index contributed by atoms with van der Waals surface area (Å²) < 4.78 is 0. The van der Waals surface area contributed by atoms with Crippen LogP contribution in [-0.4, -0.2) is 0 Å². The van der Waals surface area contributed by atoms with Crippen molar-refractivity contribution >= 4 is 0 Å². The molecule has 0 aromatic heterocycles. The van der Waals surface area contributed by atoms with Crippen LogP contribution >= 0.6 is 0 Å². The summed E-state index contributed by atoms with van der Waals surface area (Å²) in [4.78, 5) is 0. The maximum Gasteiger partial charge on any atom is 2.00 e. The fourth-order valence-electron chi connectivity index (χ4n) is 1.79. The normalized spacial score (nSPS) is 13.2. The van der Waals surface area contributed by atoms with Crippen LogP contribution in [0.15, 0.2) is 18.2 Å². The molecular weight excluding hydrogens is 311 g/mol. The van der Waals surface area contributed by atoms with E-state index >= 15 is 0 Å². The molecule has 0 heterocycles. The molecule has 17 heavy (non-hydrogen) atoms. The predicted molar refractivity (Wildman–Crippen MR) is 63.3 cm³/mol. The van der Waals surface area contributed by atoms with Crippen LogP contribution in [-0.2, 0) is 26.2 Å². The maximum atomic E-state index is 12.2. The van der Waals surface area contributed by atoms with E-state index < -0.39 is 0 Å². The third kappa shape index (κ3) is 4.75. The van der Waals surface area contributed by atoms with Crippen molar-refractivity contribution in [3.63, 3.8) is 0 Å². The SMILES string of the molecule is CCC(C)c1cccc(C(C)CC)c1[O-].[Cl-].[Zr+2]. The molecule has 1 rings (SSSR count). The molecule has 0 saturated carbocycles. The van der Waals surface area contributed by atoms with Crippen LogP contribution in [0.5, 0.6) is 5.75 Å². The van der Waals surface area contributed by atoms with Gasteiger partial charge in [-0.1, -0.05) is 57.0 Å². The molecular formula is C14H21ClOZr. The molecule has 0 radical (unpaired) electrons. The summed E-state index contributed by atoms with van der Waals surface area (Å²) in [5.74, 6) is 1.02. The van der Waals surface area contributed by atoms with E-state index in [4.69, 9.17) is 0 Å². The van der Waals surface area contributed by atoms with Crippen molar-refractivity contribution in [2.24, 2.45) is 0 Å². The second-order valence-electron chi connectivity index (χ2n) is 4.38. The van der Waals surface area contributed by atoms with Crippen LogP contribution in [0.3, 0.4) is 0 Å². The van der Waals surface area contributed by atoms with Gasteiger partial charge in [0.1, 0.15) is 0 Å². The Morgan fingerprint density at radius 3 is 1.65 bits per heavy atom. The van der Waals surface area contributed by atoms with Crippen molar-refractivity contribution in [2.45, 2.75) is 52.4 Å². The van der Waals surface area contributed by atoms with E-state index in [1.807, 2.05) is 18.2 Å². The van der Waals surface area contributed by atoms with E-state index in [1.165, 1.54) is 0 Å². The van der Waals surface area contributed by atoms with Gasteiger partial charge in [0.15, 0.2) is 0 Å². The molecule has 2 unspecified atom stereocenters. The summed E-state index contributed by atoms with van der Waals surface area (Å²) in [6, 6.07) is 5.97. The van der Waals surface area contributed by atoms with Crippen molar-refractivity contribution < 1.29 is 43.7 Å². The number of rotatable bonds is 4. The Labute approximate surface area is 131 Å². The van der Waals surface area contributed by atoms with E-state index in [-0.39, 0.29) is 44.4 Å². The quantitative estimate of drug-likeness (QED) is 0.800. The maximum absolute atomic E-state index is 12.2. The molecule has 0 N–H and O–H groups in total. The molecule has 3 heteroatoms. The zero-order valence-electron chi connectivity index (χ0n) is 11.1. The summed E-state index contributed by atoms with van der Waals surface area (Å²) in [5, 5.41) is 12.2. The summed E-state index contributed by atoms with van der Waals surface area (Å²) in [7, 11) is 0. The Morgan fingerprint density at radius 1 is 1.00 bits per heavy atom. The number of hydrogen-bond donors (Lipinski definition) is 0. The molecule has 0 aliphatic heterocycles. The summed E-state index contributed by atoms with van der Waals surface area (Å²) in [6.45, 7) is 8.49. The second-order valence-corrected chi connectivity index (χ2v) is 4.38. The Balaban J connectivity index is 0. The molecule has 0 fully saturated rings. The third-order valence-electron chi connectivity index (χ3n) is 3.36. The largest absolute Gasteiger partial charge is 2.00 e. The predicted octanol–water partition coefficient (Wildman–Crippen LogP) is 0.789. The topological polar surface area (TPSA) is 23.1 Å². The van der Waals surface area contributed by atoms with Crippen LogP contribution in [0.4, 0.5) is 0 Å². The van der Waals surface area contributed by atoms with E-state index in [0.717, 1.165) is 24.0 Å². The molecule has 1 aromatic rings. The van der Waals surface area contributed by atoms with Gasteiger partial charge >= 0.3 is 26.2 Å². The van der Waals surface area contributed by atoms with Gasteiger partial charge in [0.25, 0.3) is 0 Å². The number of benzene rings is 1. The Kier molecular flexibility index (Phi) is 10.5. The molecule has 0 bridgehead atoms. The number of halogens is 1. The van der Waals surface area contributed by atoms with Crippen molar-refractivity contribution in [1.29, 1.82) is 0 Å². The molecule has 2 atom stereocenters. The van der Waals surface area contributed by atoms with E-state index in [0.29, 0.717) is 11.8 Å². The summed E-state index contributed by atoms with van der Waals surface area (Å²) in [5.41, 5.74) is 1.96. The molecule has 0 saturated heterocycles. The molecule has 94 valence electrons. The van der Waals surface area contributed by atoms with Gasteiger partial charge in [-0.2, -0.15) is 0 Å².